The summed E-state index contributed by atoms with van der Waals surface area (Å²) in [6.07, 6.45) is 1.71. The Kier molecular flexibility index (Phi) is 3.96. The predicted molar refractivity (Wildman–Crippen MR) is 77.6 cm³/mol. The van der Waals surface area contributed by atoms with Gasteiger partial charge in [-0.25, -0.2) is 13.1 Å². The first-order valence-electron chi connectivity index (χ1n) is 5.98. The molecule has 20 heavy (non-hydrogen) atoms. The average Bonchev–Trinajstić information content (AvgIpc) is 2.83. The van der Waals surface area contributed by atoms with Gasteiger partial charge in [-0.05, 0) is 31.3 Å². The fourth-order valence-electron chi connectivity index (χ4n) is 1.75. The van der Waals surface area contributed by atoms with Gasteiger partial charge in [0.05, 0.1) is 28.5 Å². The van der Waals surface area contributed by atoms with Crippen molar-refractivity contribution in [3.8, 4) is 0 Å². The van der Waals surface area contributed by atoms with E-state index in [4.69, 9.17) is 5.73 Å². The van der Waals surface area contributed by atoms with Crippen LogP contribution in [0, 0.1) is 0 Å². The Labute approximate surface area is 117 Å². The van der Waals surface area contributed by atoms with Gasteiger partial charge in [-0.15, -0.1) is 0 Å². The molecule has 1 aromatic heterocycles. The van der Waals surface area contributed by atoms with Crippen LogP contribution in [0.4, 0.5) is 11.4 Å². The van der Waals surface area contributed by atoms with Gasteiger partial charge in [0.1, 0.15) is 0 Å². The van der Waals surface area contributed by atoms with E-state index >= 15 is 0 Å². The molecule has 0 radical (unpaired) electrons. The quantitative estimate of drug-likeness (QED) is 0.698. The van der Waals surface area contributed by atoms with Gasteiger partial charge in [-0.3, -0.25) is 4.68 Å². The summed E-state index contributed by atoms with van der Waals surface area (Å²) in [4.78, 5) is 0.142. The average molecular weight is 295 g/mol. The minimum atomic E-state index is -3.47. The standard InChI is InChI=1S/C12H17N5O2S/c1-14-20(18,19)10-3-4-12(11(13)7-10)15-8-9-5-6-16-17(9)2/h3-7,14-15H,8,13H2,1-2H3. The highest BCUT2D eigenvalue weighted by atomic mass is 32.2. The first kappa shape index (κ1) is 14.4. The van der Waals surface area contributed by atoms with Gasteiger partial charge in [0.15, 0.2) is 0 Å². The molecule has 0 aliphatic carbocycles. The number of aromatic nitrogens is 2. The molecule has 0 atom stereocenters. The van der Waals surface area contributed by atoms with Crippen LogP contribution in [-0.4, -0.2) is 25.2 Å². The lowest BCUT2D eigenvalue weighted by atomic mass is 10.2. The molecular weight excluding hydrogens is 278 g/mol. The highest BCUT2D eigenvalue weighted by Crippen LogP contribution is 2.22. The lowest BCUT2D eigenvalue weighted by Crippen LogP contribution is -2.18. The summed E-state index contributed by atoms with van der Waals surface area (Å²) in [5.74, 6) is 0. The molecule has 0 bridgehead atoms. The van der Waals surface area contributed by atoms with Crippen molar-refractivity contribution in [2.75, 3.05) is 18.1 Å². The maximum atomic E-state index is 11.7. The Bertz CT molecular complexity index is 708. The monoisotopic (exact) mass is 295 g/mol. The number of hydrogen-bond acceptors (Lipinski definition) is 5. The number of aryl methyl sites for hydroxylation is 1. The summed E-state index contributed by atoms with van der Waals surface area (Å²) in [5.41, 5.74) is 7.93. The Hall–Kier alpha value is -2.06. The van der Waals surface area contributed by atoms with Crippen molar-refractivity contribution in [1.29, 1.82) is 0 Å². The SMILES string of the molecule is CNS(=O)(=O)c1ccc(NCc2ccnn2C)c(N)c1. The zero-order valence-electron chi connectivity index (χ0n) is 11.3. The van der Waals surface area contributed by atoms with Crippen molar-refractivity contribution >= 4 is 21.4 Å². The Morgan fingerprint density at radius 2 is 2.10 bits per heavy atom. The molecule has 0 unspecified atom stereocenters. The molecule has 2 rings (SSSR count). The molecule has 0 amide bonds. The van der Waals surface area contributed by atoms with Crippen molar-refractivity contribution in [3.05, 3.63) is 36.2 Å². The summed E-state index contributed by atoms with van der Waals surface area (Å²) >= 11 is 0. The van der Waals surface area contributed by atoms with Gasteiger partial charge in [0, 0.05) is 13.2 Å². The molecule has 0 saturated heterocycles. The van der Waals surface area contributed by atoms with Crippen molar-refractivity contribution in [2.45, 2.75) is 11.4 Å². The molecule has 7 nitrogen and oxygen atoms in total. The lowest BCUT2D eigenvalue weighted by Gasteiger charge is -2.11. The van der Waals surface area contributed by atoms with E-state index in [1.54, 1.807) is 16.9 Å². The maximum absolute atomic E-state index is 11.7. The molecule has 0 aliphatic heterocycles. The second kappa shape index (κ2) is 5.51. The van der Waals surface area contributed by atoms with Crippen LogP contribution in [0.1, 0.15) is 5.69 Å². The fourth-order valence-corrected chi connectivity index (χ4v) is 2.51. The van der Waals surface area contributed by atoms with Crippen LogP contribution in [0.5, 0.6) is 0 Å². The number of rotatable bonds is 5. The third-order valence-corrected chi connectivity index (χ3v) is 4.40. The van der Waals surface area contributed by atoms with Crippen molar-refractivity contribution < 1.29 is 8.42 Å². The Morgan fingerprint density at radius 3 is 2.65 bits per heavy atom. The van der Waals surface area contributed by atoms with Crippen LogP contribution in [0.25, 0.3) is 0 Å². The van der Waals surface area contributed by atoms with Gasteiger partial charge in [0.25, 0.3) is 0 Å². The smallest absolute Gasteiger partial charge is 0.240 e. The number of nitrogen functional groups attached to an aromatic ring is 1. The van der Waals surface area contributed by atoms with Gasteiger partial charge in [-0.1, -0.05) is 0 Å². The van der Waals surface area contributed by atoms with E-state index in [2.05, 4.69) is 15.1 Å². The molecular formula is C12H17N5O2S. The maximum Gasteiger partial charge on any atom is 0.240 e. The molecule has 0 saturated carbocycles. The second-order valence-corrected chi connectivity index (χ2v) is 6.14. The predicted octanol–water partition coefficient (Wildman–Crippen LogP) is 0.522. The van der Waals surface area contributed by atoms with Crippen LogP contribution >= 0.6 is 0 Å². The molecule has 1 heterocycles. The van der Waals surface area contributed by atoms with Crippen LogP contribution in [0.15, 0.2) is 35.4 Å². The minimum Gasteiger partial charge on any atom is -0.397 e. The summed E-state index contributed by atoms with van der Waals surface area (Å²) in [6, 6.07) is 6.48. The third kappa shape index (κ3) is 2.91. The van der Waals surface area contributed by atoms with Gasteiger partial charge in [-0.2, -0.15) is 5.10 Å². The highest BCUT2D eigenvalue weighted by Gasteiger charge is 2.12. The molecule has 0 fully saturated rings. The molecule has 4 N–H and O–H groups in total. The van der Waals surface area contributed by atoms with Crippen LogP contribution in [-0.2, 0) is 23.6 Å². The minimum absolute atomic E-state index is 0.142. The molecule has 8 heteroatoms. The molecule has 108 valence electrons. The number of nitrogens with two attached hydrogens (primary N) is 1. The van der Waals surface area contributed by atoms with E-state index in [1.807, 2.05) is 13.1 Å². The van der Waals surface area contributed by atoms with Crippen LogP contribution in [0.2, 0.25) is 0 Å². The molecule has 2 aromatic rings. The molecule has 0 spiro atoms. The first-order valence-corrected chi connectivity index (χ1v) is 7.46. The normalized spacial score (nSPS) is 11.5. The van der Waals surface area contributed by atoms with Crippen molar-refractivity contribution in [3.63, 3.8) is 0 Å². The van der Waals surface area contributed by atoms with Crippen molar-refractivity contribution in [2.24, 2.45) is 7.05 Å². The molecule has 0 aliphatic rings. The van der Waals surface area contributed by atoms with E-state index in [0.29, 0.717) is 17.9 Å². The van der Waals surface area contributed by atoms with E-state index < -0.39 is 10.0 Å². The number of hydrogen-bond donors (Lipinski definition) is 3. The number of nitrogens with zero attached hydrogens (tertiary/aromatic N) is 2. The topological polar surface area (TPSA) is 102 Å². The number of nitrogens with one attached hydrogen (secondary N) is 2. The summed E-state index contributed by atoms with van der Waals surface area (Å²) in [5, 5.41) is 7.22. The summed E-state index contributed by atoms with van der Waals surface area (Å²) in [7, 11) is -0.263. The third-order valence-electron chi connectivity index (χ3n) is 2.98. The van der Waals surface area contributed by atoms with Crippen LogP contribution < -0.4 is 15.8 Å². The van der Waals surface area contributed by atoms with Crippen molar-refractivity contribution in [1.82, 2.24) is 14.5 Å². The van der Waals surface area contributed by atoms with E-state index in [9.17, 15) is 8.42 Å². The van der Waals surface area contributed by atoms with Gasteiger partial charge >= 0.3 is 0 Å². The number of anilines is 2. The van der Waals surface area contributed by atoms with Gasteiger partial charge < -0.3 is 11.1 Å². The lowest BCUT2D eigenvalue weighted by molar-refractivity contribution is 0.588. The zero-order valence-corrected chi connectivity index (χ0v) is 12.1. The van der Waals surface area contributed by atoms with E-state index in [0.717, 1.165) is 5.69 Å². The second-order valence-electron chi connectivity index (χ2n) is 4.26. The fraction of sp³-hybridized carbons (Fsp3) is 0.250. The Balaban J connectivity index is 2.17. The van der Waals surface area contributed by atoms with E-state index in [-0.39, 0.29) is 4.90 Å². The first-order chi connectivity index (χ1) is 9.44. The highest BCUT2D eigenvalue weighted by molar-refractivity contribution is 7.89. The summed E-state index contributed by atoms with van der Waals surface area (Å²) < 4.78 is 27.3. The summed E-state index contributed by atoms with van der Waals surface area (Å²) in [6.45, 7) is 0.554. The van der Waals surface area contributed by atoms with E-state index in [1.165, 1.54) is 19.2 Å². The van der Waals surface area contributed by atoms with Gasteiger partial charge in [0.2, 0.25) is 10.0 Å². The van der Waals surface area contributed by atoms with Crippen LogP contribution in [0.3, 0.4) is 0 Å². The number of sulfonamides is 1. The number of benzene rings is 1. The largest absolute Gasteiger partial charge is 0.397 e. The zero-order chi connectivity index (χ0) is 14.8. The Morgan fingerprint density at radius 1 is 1.35 bits per heavy atom. The molecule has 1 aromatic carbocycles.